The first kappa shape index (κ1) is 19.8. The Bertz CT molecular complexity index is 934. The molecule has 0 radical (unpaired) electrons. The van der Waals surface area contributed by atoms with Gasteiger partial charge in [0.15, 0.2) is 0 Å². The summed E-state index contributed by atoms with van der Waals surface area (Å²) in [5.41, 5.74) is 3.89. The second kappa shape index (κ2) is 9.31. The molecule has 0 spiro atoms. The number of carbonyl (C=O) groups excluding carboxylic acids is 1. The fourth-order valence-corrected chi connectivity index (χ4v) is 4.24. The molecule has 3 aromatic rings. The number of carbonyl (C=O) groups is 1. The fourth-order valence-electron chi connectivity index (χ4n) is 3.42. The molecule has 1 aromatic heterocycles. The van der Waals surface area contributed by atoms with E-state index in [2.05, 4.69) is 22.4 Å². The molecule has 0 saturated carbocycles. The Morgan fingerprint density at radius 1 is 1.07 bits per heavy atom. The first-order chi connectivity index (χ1) is 14.2. The minimum Gasteiger partial charge on any atom is -0.379 e. The Hall–Kier alpha value is -2.54. The van der Waals surface area contributed by atoms with Gasteiger partial charge in [0.05, 0.1) is 32.0 Å². The van der Waals surface area contributed by atoms with Crippen molar-refractivity contribution >= 4 is 17.2 Å². The number of rotatable bonds is 6. The van der Waals surface area contributed by atoms with Gasteiger partial charge in [0.25, 0.3) is 5.91 Å². The van der Waals surface area contributed by atoms with Gasteiger partial charge in [-0.15, -0.1) is 11.3 Å². The van der Waals surface area contributed by atoms with E-state index in [1.54, 1.807) is 16.2 Å². The van der Waals surface area contributed by atoms with E-state index < -0.39 is 0 Å². The largest absolute Gasteiger partial charge is 0.379 e. The Morgan fingerprint density at radius 3 is 2.48 bits per heavy atom. The molecule has 0 bridgehead atoms. The molecule has 2 aromatic carbocycles. The van der Waals surface area contributed by atoms with Crippen LogP contribution in [-0.4, -0.2) is 54.0 Å². The second-order valence-corrected chi connectivity index (χ2v) is 8.17. The normalized spacial score (nSPS) is 14.7. The Labute approximate surface area is 175 Å². The summed E-state index contributed by atoms with van der Waals surface area (Å²) in [4.78, 5) is 21.6. The van der Waals surface area contributed by atoms with Crippen molar-refractivity contribution in [2.75, 3.05) is 33.4 Å². The van der Waals surface area contributed by atoms with Crippen LogP contribution in [0.3, 0.4) is 0 Å². The van der Waals surface area contributed by atoms with Crippen LogP contribution in [0.2, 0.25) is 0 Å². The summed E-state index contributed by atoms with van der Waals surface area (Å²) in [6.45, 7) is 4.85. The van der Waals surface area contributed by atoms with Gasteiger partial charge in [-0.05, 0) is 23.3 Å². The van der Waals surface area contributed by atoms with Crippen LogP contribution >= 0.6 is 11.3 Å². The molecule has 2 heterocycles. The number of benzene rings is 2. The van der Waals surface area contributed by atoms with E-state index in [-0.39, 0.29) is 5.91 Å². The van der Waals surface area contributed by atoms with Crippen LogP contribution in [0, 0.1) is 0 Å². The molecule has 29 heavy (non-hydrogen) atoms. The Kier molecular flexibility index (Phi) is 6.34. The third-order valence-electron chi connectivity index (χ3n) is 5.05. The number of amides is 1. The lowest BCUT2D eigenvalue weighted by atomic mass is 10.0. The van der Waals surface area contributed by atoms with Crippen LogP contribution in [0.1, 0.15) is 21.1 Å². The van der Waals surface area contributed by atoms with Gasteiger partial charge < -0.3 is 9.64 Å². The second-order valence-electron chi connectivity index (χ2n) is 7.23. The predicted octanol–water partition coefficient (Wildman–Crippen LogP) is 3.91. The standard InChI is InChI=1S/C23H25N3O2S/c1-25(15-21-17-29-22(24-21)16-26-11-13-28-14-12-26)23(27)20-9-7-19(8-10-20)18-5-3-2-4-6-18/h2-10,17H,11-16H2,1H3. The van der Waals surface area contributed by atoms with Gasteiger partial charge in [-0.1, -0.05) is 42.5 Å². The van der Waals surface area contributed by atoms with Crippen LogP contribution in [-0.2, 0) is 17.8 Å². The molecule has 1 saturated heterocycles. The minimum atomic E-state index is 0.00680. The van der Waals surface area contributed by atoms with Gasteiger partial charge in [0.1, 0.15) is 5.01 Å². The van der Waals surface area contributed by atoms with Crippen molar-refractivity contribution in [3.8, 4) is 11.1 Å². The van der Waals surface area contributed by atoms with E-state index in [1.165, 1.54) is 0 Å². The average molecular weight is 408 g/mol. The predicted molar refractivity (Wildman–Crippen MR) is 116 cm³/mol. The third-order valence-corrected chi connectivity index (χ3v) is 5.93. The monoisotopic (exact) mass is 407 g/mol. The average Bonchev–Trinajstić information content (AvgIpc) is 3.21. The Morgan fingerprint density at radius 2 is 1.76 bits per heavy atom. The highest BCUT2D eigenvalue weighted by molar-refractivity contribution is 7.09. The molecule has 1 aliphatic rings. The topological polar surface area (TPSA) is 45.7 Å². The first-order valence-electron chi connectivity index (χ1n) is 9.83. The van der Waals surface area contributed by atoms with Crippen molar-refractivity contribution in [3.05, 3.63) is 76.2 Å². The molecule has 4 rings (SSSR count). The molecular weight excluding hydrogens is 382 g/mol. The first-order valence-corrected chi connectivity index (χ1v) is 10.7. The molecule has 150 valence electrons. The molecule has 0 aliphatic carbocycles. The number of aromatic nitrogens is 1. The van der Waals surface area contributed by atoms with E-state index in [4.69, 9.17) is 9.72 Å². The van der Waals surface area contributed by atoms with E-state index in [1.807, 2.05) is 49.5 Å². The highest BCUT2D eigenvalue weighted by atomic mass is 32.1. The van der Waals surface area contributed by atoms with Crippen molar-refractivity contribution in [2.24, 2.45) is 0 Å². The lowest BCUT2D eigenvalue weighted by Crippen LogP contribution is -2.35. The van der Waals surface area contributed by atoms with Crippen LogP contribution in [0.25, 0.3) is 11.1 Å². The fraction of sp³-hybridized carbons (Fsp3) is 0.304. The van der Waals surface area contributed by atoms with Crippen LogP contribution in [0.4, 0.5) is 0 Å². The highest BCUT2D eigenvalue weighted by Crippen LogP contribution is 2.20. The number of morpholine rings is 1. The maximum Gasteiger partial charge on any atom is 0.253 e. The molecule has 0 unspecified atom stereocenters. The van der Waals surface area contributed by atoms with Crippen molar-refractivity contribution in [1.82, 2.24) is 14.8 Å². The van der Waals surface area contributed by atoms with E-state index in [0.717, 1.165) is 54.7 Å². The number of nitrogens with zero attached hydrogens (tertiary/aromatic N) is 3. The summed E-state index contributed by atoms with van der Waals surface area (Å²) >= 11 is 1.66. The van der Waals surface area contributed by atoms with Gasteiger partial charge in [0, 0.05) is 31.1 Å². The number of ether oxygens (including phenoxy) is 1. The van der Waals surface area contributed by atoms with Crippen molar-refractivity contribution in [2.45, 2.75) is 13.1 Å². The molecule has 1 amide bonds. The van der Waals surface area contributed by atoms with Gasteiger partial charge in [-0.2, -0.15) is 0 Å². The zero-order chi connectivity index (χ0) is 20.1. The maximum atomic E-state index is 12.8. The van der Waals surface area contributed by atoms with E-state index >= 15 is 0 Å². The summed E-state index contributed by atoms with van der Waals surface area (Å²) in [7, 11) is 1.83. The molecule has 1 aliphatic heterocycles. The highest BCUT2D eigenvalue weighted by Gasteiger charge is 2.16. The molecule has 6 heteroatoms. The van der Waals surface area contributed by atoms with Gasteiger partial charge in [-0.25, -0.2) is 4.98 Å². The third kappa shape index (κ3) is 5.09. The number of hydrogen-bond donors (Lipinski definition) is 0. The van der Waals surface area contributed by atoms with Crippen molar-refractivity contribution in [1.29, 1.82) is 0 Å². The summed E-state index contributed by atoms with van der Waals surface area (Å²) in [5.74, 6) is 0.00680. The van der Waals surface area contributed by atoms with Gasteiger partial charge >= 0.3 is 0 Å². The molecular formula is C23H25N3O2S. The number of thiazole rings is 1. The summed E-state index contributed by atoms with van der Waals surface area (Å²) in [6.07, 6.45) is 0. The molecule has 0 atom stereocenters. The summed E-state index contributed by atoms with van der Waals surface area (Å²) < 4.78 is 5.39. The number of hydrogen-bond acceptors (Lipinski definition) is 5. The SMILES string of the molecule is CN(Cc1csc(CN2CCOCC2)n1)C(=O)c1ccc(-c2ccccc2)cc1. The summed E-state index contributed by atoms with van der Waals surface area (Å²) in [6, 6.07) is 18.0. The van der Waals surface area contributed by atoms with Crippen LogP contribution in [0.5, 0.6) is 0 Å². The van der Waals surface area contributed by atoms with Crippen molar-refractivity contribution < 1.29 is 9.53 Å². The van der Waals surface area contributed by atoms with E-state index in [9.17, 15) is 4.79 Å². The van der Waals surface area contributed by atoms with Crippen LogP contribution in [0.15, 0.2) is 60.0 Å². The smallest absolute Gasteiger partial charge is 0.253 e. The lowest BCUT2D eigenvalue weighted by molar-refractivity contribution is 0.0341. The van der Waals surface area contributed by atoms with Gasteiger partial charge in [0.2, 0.25) is 0 Å². The summed E-state index contributed by atoms with van der Waals surface area (Å²) in [5, 5.41) is 3.15. The van der Waals surface area contributed by atoms with E-state index in [0.29, 0.717) is 12.1 Å². The molecule has 1 fully saturated rings. The van der Waals surface area contributed by atoms with Crippen LogP contribution < -0.4 is 0 Å². The van der Waals surface area contributed by atoms with Crippen molar-refractivity contribution in [3.63, 3.8) is 0 Å². The quantitative estimate of drug-likeness (QED) is 0.621. The zero-order valence-corrected chi connectivity index (χ0v) is 17.4. The minimum absolute atomic E-state index is 0.00680. The Balaban J connectivity index is 1.36. The molecule has 0 N–H and O–H groups in total. The van der Waals surface area contributed by atoms with Gasteiger partial charge in [-0.3, -0.25) is 9.69 Å². The zero-order valence-electron chi connectivity index (χ0n) is 16.6. The maximum absolute atomic E-state index is 12.8. The molecule has 5 nitrogen and oxygen atoms in total. The lowest BCUT2D eigenvalue weighted by Gasteiger charge is -2.25.